The summed E-state index contributed by atoms with van der Waals surface area (Å²) in [6.07, 6.45) is 1.33. The van der Waals surface area contributed by atoms with Crippen LogP contribution in [0.3, 0.4) is 0 Å². The highest BCUT2D eigenvalue weighted by Crippen LogP contribution is 2.29. The molecule has 0 aliphatic heterocycles. The van der Waals surface area contributed by atoms with E-state index in [4.69, 9.17) is 24.2 Å². The summed E-state index contributed by atoms with van der Waals surface area (Å²) in [5.41, 5.74) is 0.612. The predicted octanol–water partition coefficient (Wildman–Crippen LogP) is 3.37. The van der Waals surface area contributed by atoms with Gasteiger partial charge in [0.2, 0.25) is 0 Å². The Morgan fingerprint density at radius 1 is 1.19 bits per heavy atom. The van der Waals surface area contributed by atoms with Gasteiger partial charge in [-0.2, -0.15) is 5.26 Å². The van der Waals surface area contributed by atoms with Crippen LogP contribution in [0.4, 0.5) is 5.69 Å². The maximum Gasteiger partial charge on any atom is 0.349 e. The Labute approximate surface area is 183 Å². The van der Waals surface area contributed by atoms with Crippen LogP contribution < -0.4 is 14.2 Å². The molecule has 0 bridgehead atoms. The first-order valence-corrected chi connectivity index (χ1v) is 9.34. The zero-order valence-electron chi connectivity index (χ0n) is 17.6. The van der Waals surface area contributed by atoms with Gasteiger partial charge < -0.3 is 18.9 Å². The second-order valence-electron chi connectivity index (χ2n) is 6.27. The number of hydrogen-bond donors (Lipinski definition) is 0. The number of nitriles is 1. The molecule has 0 atom stereocenters. The molecule has 0 fully saturated rings. The summed E-state index contributed by atoms with van der Waals surface area (Å²) in [5.74, 6) is -0.900. The maximum absolute atomic E-state index is 12.2. The van der Waals surface area contributed by atoms with E-state index in [1.54, 1.807) is 19.9 Å². The maximum atomic E-state index is 12.2. The van der Waals surface area contributed by atoms with Gasteiger partial charge in [0.25, 0.3) is 5.69 Å². The van der Waals surface area contributed by atoms with Gasteiger partial charge in [-0.05, 0) is 49.8 Å². The number of ether oxygens (including phenoxy) is 4. The van der Waals surface area contributed by atoms with E-state index in [2.05, 4.69) is 0 Å². The van der Waals surface area contributed by atoms with Crippen LogP contribution in [0.1, 0.15) is 18.1 Å². The second kappa shape index (κ2) is 11.1. The molecule has 0 spiro atoms. The fraction of sp³-hybridized carbons (Fsp3) is 0.227. The minimum absolute atomic E-state index is 0.0543. The summed E-state index contributed by atoms with van der Waals surface area (Å²) in [4.78, 5) is 34.3. The molecule has 0 radical (unpaired) electrons. The number of carbonyl (C=O) groups excluding carboxylic acids is 2. The number of nitrogens with zero attached hydrogens (tertiary/aromatic N) is 2. The Morgan fingerprint density at radius 2 is 1.94 bits per heavy atom. The van der Waals surface area contributed by atoms with Crippen molar-refractivity contribution in [1.29, 1.82) is 5.26 Å². The molecule has 32 heavy (non-hydrogen) atoms. The summed E-state index contributed by atoms with van der Waals surface area (Å²) in [7, 11) is 1.37. The first-order chi connectivity index (χ1) is 15.3. The first-order valence-electron chi connectivity index (χ1n) is 9.34. The molecule has 0 unspecified atom stereocenters. The summed E-state index contributed by atoms with van der Waals surface area (Å²) in [6, 6.07) is 10.4. The van der Waals surface area contributed by atoms with Gasteiger partial charge in [-0.15, -0.1) is 0 Å². The smallest absolute Gasteiger partial charge is 0.349 e. The van der Waals surface area contributed by atoms with Crippen LogP contribution in [-0.2, 0) is 14.3 Å². The van der Waals surface area contributed by atoms with Crippen molar-refractivity contribution in [2.75, 3.05) is 20.3 Å². The van der Waals surface area contributed by atoms with E-state index in [0.717, 1.165) is 0 Å². The molecular weight excluding hydrogens is 420 g/mol. The van der Waals surface area contributed by atoms with Crippen LogP contribution in [0.5, 0.6) is 17.2 Å². The summed E-state index contributed by atoms with van der Waals surface area (Å²) in [6.45, 7) is 2.89. The van der Waals surface area contributed by atoms with Crippen LogP contribution in [0.25, 0.3) is 6.08 Å². The van der Waals surface area contributed by atoms with Crippen molar-refractivity contribution in [2.24, 2.45) is 0 Å². The van der Waals surface area contributed by atoms with Gasteiger partial charge in [0.05, 0.1) is 18.6 Å². The minimum Gasteiger partial charge on any atom is -0.493 e. The number of carbonyl (C=O) groups is 2. The van der Waals surface area contributed by atoms with E-state index in [1.807, 2.05) is 0 Å². The highest BCUT2D eigenvalue weighted by atomic mass is 16.6. The van der Waals surface area contributed by atoms with Crippen molar-refractivity contribution in [3.05, 3.63) is 63.2 Å². The molecule has 0 aliphatic rings. The minimum atomic E-state index is -0.747. The zero-order valence-corrected chi connectivity index (χ0v) is 17.6. The highest BCUT2D eigenvalue weighted by Gasteiger charge is 2.15. The third kappa shape index (κ3) is 6.30. The number of methoxy groups -OCH3 is 1. The van der Waals surface area contributed by atoms with Crippen LogP contribution in [0.2, 0.25) is 0 Å². The average Bonchev–Trinajstić information content (AvgIpc) is 2.76. The molecule has 0 saturated heterocycles. The Morgan fingerprint density at radius 3 is 2.53 bits per heavy atom. The number of esters is 2. The number of benzene rings is 2. The van der Waals surface area contributed by atoms with Crippen molar-refractivity contribution in [3.8, 4) is 23.3 Å². The summed E-state index contributed by atoms with van der Waals surface area (Å²) in [5, 5.41) is 20.0. The molecule has 10 heteroatoms. The van der Waals surface area contributed by atoms with Crippen LogP contribution in [0.15, 0.2) is 42.0 Å². The summed E-state index contributed by atoms with van der Waals surface area (Å²) < 4.78 is 20.6. The lowest BCUT2D eigenvalue weighted by Gasteiger charge is -2.11. The lowest BCUT2D eigenvalue weighted by molar-refractivity contribution is -0.385. The van der Waals surface area contributed by atoms with Gasteiger partial charge >= 0.3 is 11.9 Å². The van der Waals surface area contributed by atoms with E-state index in [9.17, 15) is 19.7 Å². The fourth-order valence-electron chi connectivity index (χ4n) is 2.59. The average molecular weight is 440 g/mol. The van der Waals surface area contributed by atoms with Crippen LogP contribution in [-0.4, -0.2) is 37.2 Å². The topological polar surface area (TPSA) is 138 Å². The Balaban J connectivity index is 2.08. The van der Waals surface area contributed by atoms with Gasteiger partial charge in [-0.3, -0.25) is 10.1 Å². The van der Waals surface area contributed by atoms with Gasteiger partial charge in [0.1, 0.15) is 17.4 Å². The van der Waals surface area contributed by atoms with Crippen molar-refractivity contribution in [3.63, 3.8) is 0 Å². The fourth-order valence-corrected chi connectivity index (χ4v) is 2.59. The molecule has 0 heterocycles. The molecule has 10 nitrogen and oxygen atoms in total. The normalized spacial score (nSPS) is 10.6. The number of rotatable bonds is 9. The lowest BCUT2D eigenvalue weighted by Crippen LogP contribution is -2.18. The largest absolute Gasteiger partial charge is 0.493 e. The molecule has 2 aromatic rings. The molecule has 0 aromatic heterocycles. The van der Waals surface area contributed by atoms with Gasteiger partial charge in [-0.25, -0.2) is 9.59 Å². The van der Waals surface area contributed by atoms with E-state index in [-0.39, 0.29) is 35.1 Å². The zero-order chi connectivity index (χ0) is 23.7. The van der Waals surface area contributed by atoms with Crippen molar-refractivity contribution < 1.29 is 33.5 Å². The van der Waals surface area contributed by atoms with E-state index < -0.39 is 23.5 Å². The molecule has 0 saturated carbocycles. The van der Waals surface area contributed by atoms with Gasteiger partial charge in [0.15, 0.2) is 18.1 Å². The molecule has 0 N–H and O–H groups in total. The molecular formula is C22H20N2O8. The number of aryl methyl sites for hydroxylation is 1. The first kappa shape index (κ1) is 23.9. The monoisotopic (exact) mass is 440 g/mol. The van der Waals surface area contributed by atoms with Crippen molar-refractivity contribution in [1.82, 2.24) is 0 Å². The van der Waals surface area contributed by atoms with Gasteiger partial charge in [-0.1, -0.05) is 6.07 Å². The molecule has 0 amide bonds. The second-order valence-corrected chi connectivity index (χ2v) is 6.27. The van der Waals surface area contributed by atoms with E-state index >= 15 is 0 Å². The van der Waals surface area contributed by atoms with E-state index in [1.165, 1.54) is 49.6 Å². The summed E-state index contributed by atoms with van der Waals surface area (Å²) >= 11 is 0. The number of hydrogen-bond acceptors (Lipinski definition) is 9. The Bertz CT molecular complexity index is 1100. The third-order valence-corrected chi connectivity index (χ3v) is 4.06. The highest BCUT2D eigenvalue weighted by molar-refractivity contribution is 5.98. The van der Waals surface area contributed by atoms with Crippen molar-refractivity contribution >= 4 is 23.7 Å². The SMILES string of the molecule is CCOC(=O)/C(C#N)=C/c1ccc(OC(=O)COc2ccc([N+](=O)[O-])c(C)c2)c(OC)c1. The Kier molecular flexibility index (Phi) is 8.30. The molecule has 0 aliphatic carbocycles. The number of nitro groups is 1. The molecule has 2 aromatic carbocycles. The standard InChI is InChI=1S/C22H20N2O8/c1-4-30-22(26)16(12-23)10-15-5-8-19(20(11-15)29-3)32-21(25)13-31-17-6-7-18(24(27)28)14(2)9-17/h5-11H,4,13H2,1-3H3/b16-10+. The van der Waals surface area contributed by atoms with E-state index in [0.29, 0.717) is 11.1 Å². The molecule has 2 rings (SSSR count). The molecule has 166 valence electrons. The van der Waals surface area contributed by atoms with Crippen LogP contribution >= 0.6 is 0 Å². The third-order valence-electron chi connectivity index (χ3n) is 4.06. The number of nitro benzene ring substituents is 1. The van der Waals surface area contributed by atoms with Crippen LogP contribution in [0, 0.1) is 28.4 Å². The van der Waals surface area contributed by atoms with Gasteiger partial charge in [0, 0.05) is 11.6 Å². The van der Waals surface area contributed by atoms with Crippen molar-refractivity contribution in [2.45, 2.75) is 13.8 Å². The quantitative estimate of drug-likeness (QED) is 0.143. The lowest BCUT2D eigenvalue weighted by atomic mass is 10.1. The predicted molar refractivity (Wildman–Crippen MR) is 112 cm³/mol. The Hall–Kier alpha value is -4.39.